The number of para-hydroxylation sites is 2. The largest absolute Gasteiger partial charge is 0.280 e. The van der Waals surface area contributed by atoms with Gasteiger partial charge in [-0.05, 0) is 65.5 Å². The topological polar surface area (TPSA) is 74.3 Å². The molecule has 47 heavy (non-hydrogen) atoms. The lowest BCUT2D eigenvalue weighted by Crippen LogP contribution is -2.00. The van der Waals surface area contributed by atoms with E-state index in [9.17, 15) is 5.26 Å². The number of aliphatic imine (C=N–C) groups is 2. The van der Waals surface area contributed by atoms with E-state index in [1.807, 2.05) is 103 Å². The Morgan fingerprint density at radius 1 is 0.638 bits per heavy atom. The summed E-state index contributed by atoms with van der Waals surface area (Å²) in [6.07, 6.45) is 2.01. The number of nitriles is 1. The molecular formula is C42H29N5. The van der Waals surface area contributed by atoms with E-state index in [1.54, 1.807) is 0 Å². The van der Waals surface area contributed by atoms with Gasteiger partial charge in [0.15, 0.2) is 0 Å². The first kappa shape index (κ1) is 29.2. The van der Waals surface area contributed by atoms with Gasteiger partial charge in [-0.2, -0.15) is 5.26 Å². The second-order valence-corrected chi connectivity index (χ2v) is 11.1. The molecule has 0 aliphatic carbocycles. The zero-order valence-corrected chi connectivity index (χ0v) is 25.6. The van der Waals surface area contributed by atoms with Gasteiger partial charge < -0.3 is 0 Å². The number of rotatable bonds is 8. The van der Waals surface area contributed by atoms with E-state index in [1.165, 1.54) is 0 Å². The lowest BCUT2D eigenvalue weighted by Gasteiger charge is -2.12. The molecule has 0 aliphatic rings. The third-order valence-corrected chi connectivity index (χ3v) is 8.06. The molecule has 1 heterocycles. The Kier molecular flexibility index (Phi) is 8.23. The van der Waals surface area contributed by atoms with Crippen molar-refractivity contribution >= 4 is 39.9 Å². The minimum atomic E-state index is 0.543. The molecule has 0 N–H and O–H groups in total. The number of hydrogen-bond donors (Lipinski definition) is 0. The lowest BCUT2D eigenvalue weighted by molar-refractivity contribution is 1.07. The van der Waals surface area contributed by atoms with Gasteiger partial charge in [-0.1, -0.05) is 109 Å². The van der Waals surface area contributed by atoms with E-state index in [-0.39, 0.29) is 0 Å². The maximum atomic E-state index is 9.32. The van der Waals surface area contributed by atoms with Crippen molar-refractivity contribution in [2.24, 2.45) is 9.98 Å². The summed E-state index contributed by atoms with van der Waals surface area (Å²) >= 11 is 0. The van der Waals surface area contributed by atoms with E-state index in [4.69, 9.17) is 15.0 Å². The predicted molar refractivity (Wildman–Crippen MR) is 193 cm³/mol. The highest BCUT2D eigenvalue weighted by molar-refractivity contribution is 6.14. The molecule has 0 saturated carbocycles. The van der Waals surface area contributed by atoms with Crippen molar-refractivity contribution in [3.63, 3.8) is 0 Å². The molecule has 0 spiro atoms. The van der Waals surface area contributed by atoms with Crippen LogP contribution in [-0.2, 0) is 6.54 Å². The molecule has 0 saturated heterocycles. The van der Waals surface area contributed by atoms with Gasteiger partial charge in [0.25, 0.3) is 0 Å². The molecule has 7 aromatic rings. The van der Waals surface area contributed by atoms with Crippen molar-refractivity contribution in [2.75, 3.05) is 0 Å². The standard InChI is InChI=1S/C42H29N5/c1-44-39(31-12-6-3-7-13-31)26-40(45-28-30-10-4-2-5-11-30)35-22-20-34-25-36(23-21-33(34)24-35)42-41(32-18-16-29(27-43)17-19-32)46-37-14-8-9-15-38(37)47-42/h2-26H,1,28H2/b39-26-,45-40?. The Labute approximate surface area is 273 Å². The van der Waals surface area contributed by atoms with Gasteiger partial charge in [0.2, 0.25) is 0 Å². The first-order valence-corrected chi connectivity index (χ1v) is 15.3. The average molecular weight is 604 g/mol. The van der Waals surface area contributed by atoms with E-state index in [0.29, 0.717) is 12.1 Å². The molecule has 5 nitrogen and oxygen atoms in total. The molecule has 0 radical (unpaired) electrons. The van der Waals surface area contributed by atoms with Gasteiger partial charge in [0.05, 0.1) is 52.0 Å². The molecule has 0 aliphatic heterocycles. The van der Waals surface area contributed by atoms with Crippen LogP contribution in [0.2, 0.25) is 0 Å². The van der Waals surface area contributed by atoms with Crippen LogP contribution in [0, 0.1) is 11.3 Å². The Balaban J connectivity index is 1.31. The first-order chi connectivity index (χ1) is 23.2. The second-order valence-electron chi connectivity index (χ2n) is 11.1. The Hall–Kier alpha value is -6.51. The Morgan fingerprint density at radius 3 is 1.91 bits per heavy atom. The minimum Gasteiger partial charge on any atom is -0.280 e. The van der Waals surface area contributed by atoms with Crippen molar-refractivity contribution < 1.29 is 0 Å². The molecule has 7 rings (SSSR count). The fourth-order valence-corrected chi connectivity index (χ4v) is 5.60. The van der Waals surface area contributed by atoms with Crippen molar-refractivity contribution in [1.82, 2.24) is 9.97 Å². The molecule has 0 bridgehead atoms. The van der Waals surface area contributed by atoms with Crippen LogP contribution in [0.4, 0.5) is 0 Å². The normalized spacial score (nSPS) is 11.8. The predicted octanol–water partition coefficient (Wildman–Crippen LogP) is 9.72. The highest BCUT2D eigenvalue weighted by Crippen LogP contribution is 2.33. The molecule has 5 heteroatoms. The van der Waals surface area contributed by atoms with E-state index < -0.39 is 0 Å². The van der Waals surface area contributed by atoms with Crippen LogP contribution < -0.4 is 0 Å². The molecule has 6 aromatic carbocycles. The van der Waals surface area contributed by atoms with E-state index in [2.05, 4.69) is 66.3 Å². The maximum absolute atomic E-state index is 9.32. The monoisotopic (exact) mass is 603 g/mol. The zero-order chi connectivity index (χ0) is 32.0. The summed E-state index contributed by atoms with van der Waals surface area (Å²) in [5.74, 6) is 0. The summed E-state index contributed by atoms with van der Waals surface area (Å²) in [5, 5.41) is 11.5. The van der Waals surface area contributed by atoms with Gasteiger partial charge in [-0.25, -0.2) is 9.97 Å². The molecule has 0 atom stereocenters. The highest BCUT2D eigenvalue weighted by Gasteiger charge is 2.15. The SMILES string of the molecule is C=N/C(=C\C(=NCc1ccccc1)c1ccc2cc(-c3nc4ccccc4nc3-c3ccc(C#N)cc3)ccc2c1)c1ccccc1. The van der Waals surface area contributed by atoms with Crippen LogP contribution in [0.25, 0.3) is 50.0 Å². The third-order valence-electron chi connectivity index (χ3n) is 8.06. The summed E-state index contributed by atoms with van der Waals surface area (Å²) in [5.41, 5.74) is 10.4. The summed E-state index contributed by atoms with van der Waals surface area (Å²) < 4.78 is 0. The van der Waals surface area contributed by atoms with Crippen LogP contribution in [-0.4, -0.2) is 22.4 Å². The van der Waals surface area contributed by atoms with Crippen molar-refractivity contribution in [1.29, 1.82) is 5.26 Å². The molecule has 222 valence electrons. The number of aromatic nitrogens is 2. The van der Waals surface area contributed by atoms with E-state index in [0.717, 1.165) is 72.4 Å². The number of allylic oxidation sites excluding steroid dienone is 1. The third kappa shape index (κ3) is 6.35. The summed E-state index contributed by atoms with van der Waals surface area (Å²) in [6.45, 7) is 4.39. The summed E-state index contributed by atoms with van der Waals surface area (Å²) in [7, 11) is 0. The lowest BCUT2D eigenvalue weighted by atomic mass is 9.97. The van der Waals surface area contributed by atoms with Crippen molar-refractivity contribution in [3.05, 3.63) is 174 Å². The van der Waals surface area contributed by atoms with Crippen molar-refractivity contribution in [3.8, 4) is 28.6 Å². The van der Waals surface area contributed by atoms with Crippen LogP contribution in [0.15, 0.2) is 162 Å². The second kappa shape index (κ2) is 13.2. The van der Waals surface area contributed by atoms with Gasteiger partial charge >= 0.3 is 0 Å². The van der Waals surface area contributed by atoms with Gasteiger partial charge in [0, 0.05) is 22.3 Å². The highest BCUT2D eigenvalue weighted by atomic mass is 14.8. The maximum Gasteiger partial charge on any atom is 0.0991 e. The number of benzene rings is 6. The first-order valence-electron chi connectivity index (χ1n) is 15.3. The van der Waals surface area contributed by atoms with Gasteiger partial charge in [0.1, 0.15) is 0 Å². The van der Waals surface area contributed by atoms with Gasteiger partial charge in [-0.15, -0.1) is 0 Å². The molecule has 1 aromatic heterocycles. The molecule has 0 fully saturated rings. The number of nitrogens with zero attached hydrogens (tertiary/aromatic N) is 5. The van der Waals surface area contributed by atoms with Crippen LogP contribution in [0.1, 0.15) is 22.3 Å². The number of fused-ring (bicyclic) bond motifs is 2. The molecule has 0 unspecified atom stereocenters. The fraction of sp³-hybridized carbons (Fsp3) is 0.0238. The zero-order valence-electron chi connectivity index (χ0n) is 25.6. The average Bonchev–Trinajstić information content (AvgIpc) is 3.15. The van der Waals surface area contributed by atoms with E-state index >= 15 is 0 Å². The summed E-state index contributed by atoms with van der Waals surface area (Å²) in [6, 6.07) is 50.6. The van der Waals surface area contributed by atoms with Crippen molar-refractivity contribution in [2.45, 2.75) is 6.54 Å². The fourth-order valence-electron chi connectivity index (χ4n) is 5.60. The Bertz CT molecular complexity index is 2330. The smallest absolute Gasteiger partial charge is 0.0991 e. The molecular weight excluding hydrogens is 574 g/mol. The summed E-state index contributed by atoms with van der Waals surface area (Å²) in [4.78, 5) is 19.5. The Morgan fingerprint density at radius 2 is 1.23 bits per heavy atom. The van der Waals surface area contributed by atoms with Gasteiger partial charge in [-0.3, -0.25) is 9.98 Å². The quantitative estimate of drug-likeness (QED) is 0.162. The van der Waals surface area contributed by atoms with Crippen LogP contribution in [0.5, 0.6) is 0 Å². The minimum absolute atomic E-state index is 0.543. The number of hydrogen-bond acceptors (Lipinski definition) is 5. The van der Waals surface area contributed by atoms with Crippen LogP contribution in [0.3, 0.4) is 0 Å². The van der Waals surface area contributed by atoms with Crippen LogP contribution >= 0.6 is 0 Å². The molecule has 0 amide bonds.